The molecule has 4 heterocycles. The zero-order chi connectivity index (χ0) is 29.2. The third-order valence-corrected chi connectivity index (χ3v) is 12.1. The lowest BCUT2D eigenvalue weighted by molar-refractivity contribution is 0.614. The molecule has 1 aliphatic carbocycles. The maximum atomic E-state index is 7.07. The Morgan fingerprint density at radius 2 is 1.27 bits per heavy atom. The average molecular weight is 622 g/mol. The predicted molar refractivity (Wildman–Crippen MR) is 191 cm³/mol. The van der Waals surface area contributed by atoms with Crippen LogP contribution in [0.1, 0.15) is 17.4 Å². The molecule has 8 aromatic rings. The van der Waals surface area contributed by atoms with Gasteiger partial charge in [-0.05, 0) is 66.4 Å². The van der Waals surface area contributed by atoms with Crippen LogP contribution in [0.3, 0.4) is 0 Å². The van der Waals surface area contributed by atoms with Crippen LogP contribution in [0.2, 0.25) is 0 Å². The number of para-hydroxylation sites is 3. The first-order valence-corrected chi connectivity index (χ1v) is 16.8. The lowest BCUT2D eigenvalue weighted by atomic mass is 9.86. The summed E-state index contributed by atoms with van der Waals surface area (Å²) >= 11 is 10.7. The average Bonchev–Trinajstić information content (AvgIpc) is 3.78. The molecular formula is C38H24ClN3S2. The van der Waals surface area contributed by atoms with Gasteiger partial charge in [-0.25, -0.2) is 0 Å². The molecule has 6 heteroatoms. The van der Waals surface area contributed by atoms with Crippen molar-refractivity contribution >= 4 is 99.6 Å². The number of thioether (sulfide) groups is 1. The molecule has 44 heavy (non-hydrogen) atoms. The fourth-order valence-corrected chi connectivity index (χ4v) is 10.8. The van der Waals surface area contributed by atoms with Crippen molar-refractivity contribution in [3.05, 3.63) is 131 Å². The second kappa shape index (κ2) is 8.89. The van der Waals surface area contributed by atoms with Crippen molar-refractivity contribution in [2.75, 3.05) is 0 Å². The van der Waals surface area contributed by atoms with Crippen LogP contribution in [-0.2, 0) is 4.75 Å². The van der Waals surface area contributed by atoms with Crippen LogP contribution in [-0.4, -0.2) is 20.3 Å². The fraction of sp³-hybridized carbons (Fsp3) is 0.0789. The SMILES string of the molecule is CC12SC(n3c4ccccc4c4cc5c6ccccc6n(-c6ccccc6)c5cc43)=NC1C(Cl)=Cc1sc3ccccc3c12. The number of fused-ring (bicyclic) bond motifs is 11. The number of thiophene rings is 1. The van der Waals surface area contributed by atoms with E-state index in [9.17, 15) is 0 Å². The highest BCUT2D eigenvalue weighted by atomic mass is 35.5. The Balaban J connectivity index is 1.27. The van der Waals surface area contributed by atoms with E-state index in [1.807, 2.05) is 23.1 Å². The summed E-state index contributed by atoms with van der Waals surface area (Å²) in [7, 11) is 0. The summed E-state index contributed by atoms with van der Waals surface area (Å²) < 4.78 is 5.75. The summed E-state index contributed by atoms with van der Waals surface area (Å²) in [5.74, 6) is 0. The minimum absolute atomic E-state index is 0.148. The normalized spacial score (nSPS) is 19.6. The van der Waals surface area contributed by atoms with Crippen LogP contribution < -0.4 is 0 Å². The van der Waals surface area contributed by atoms with Gasteiger partial charge in [0.05, 0.1) is 26.8 Å². The van der Waals surface area contributed by atoms with Crippen LogP contribution >= 0.6 is 34.7 Å². The summed E-state index contributed by atoms with van der Waals surface area (Å²) in [5.41, 5.74) is 7.21. The number of hydrogen-bond donors (Lipinski definition) is 0. The number of rotatable bonds is 1. The number of nitrogens with zero attached hydrogens (tertiary/aromatic N) is 3. The number of aliphatic imine (C=N–C) groups is 1. The van der Waals surface area contributed by atoms with Gasteiger partial charge in [0, 0.05) is 41.8 Å². The van der Waals surface area contributed by atoms with Crippen molar-refractivity contribution in [1.29, 1.82) is 0 Å². The second-order valence-corrected chi connectivity index (χ2v) is 14.8. The molecular weight excluding hydrogens is 598 g/mol. The van der Waals surface area contributed by atoms with Crippen molar-refractivity contribution in [3.8, 4) is 5.69 Å². The van der Waals surface area contributed by atoms with E-state index in [1.54, 1.807) is 0 Å². The maximum Gasteiger partial charge on any atom is 0.170 e. The minimum atomic E-state index is -0.309. The molecule has 2 atom stereocenters. The molecule has 0 amide bonds. The van der Waals surface area contributed by atoms with Gasteiger partial charge in [0.15, 0.2) is 5.17 Å². The Kier molecular flexibility index (Phi) is 5.06. The van der Waals surface area contributed by atoms with Crippen LogP contribution in [0.25, 0.3) is 65.5 Å². The van der Waals surface area contributed by atoms with Gasteiger partial charge in [-0.15, -0.1) is 11.3 Å². The summed E-state index contributed by atoms with van der Waals surface area (Å²) in [6.07, 6.45) is 2.15. The Morgan fingerprint density at radius 1 is 0.659 bits per heavy atom. The zero-order valence-corrected chi connectivity index (χ0v) is 26.0. The molecule has 0 bridgehead atoms. The number of halogens is 1. The topological polar surface area (TPSA) is 22.2 Å². The summed E-state index contributed by atoms with van der Waals surface area (Å²) in [6.45, 7) is 2.32. The largest absolute Gasteiger partial charge is 0.309 e. The van der Waals surface area contributed by atoms with Crippen LogP contribution in [0.15, 0.2) is 125 Å². The first-order valence-electron chi connectivity index (χ1n) is 14.8. The summed E-state index contributed by atoms with van der Waals surface area (Å²) in [6, 6.07) is 41.4. The molecule has 0 radical (unpaired) electrons. The Morgan fingerprint density at radius 3 is 2.02 bits per heavy atom. The van der Waals surface area contributed by atoms with Crippen LogP contribution in [0.5, 0.6) is 0 Å². The van der Waals surface area contributed by atoms with E-state index in [1.165, 1.54) is 53.1 Å². The van der Waals surface area contributed by atoms with Gasteiger partial charge in [-0.2, -0.15) is 0 Å². The van der Waals surface area contributed by atoms with E-state index in [-0.39, 0.29) is 10.8 Å². The van der Waals surface area contributed by atoms with Crippen LogP contribution in [0, 0.1) is 0 Å². The zero-order valence-electron chi connectivity index (χ0n) is 23.7. The monoisotopic (exact) mass is 621 g/mol. The van der Waals surface area contributed by atoms with E-state index in [0.717, 1.165) is 26.9 Å². The first-order chi connectivity index (χ1) is 21.6. The smallest absolute Gasteiger partial charge is 0.170 e. The Hall–Kier alpha value is -4.29. The van der Waals surface area contributed by atoms with E-state index in [2.05, 4.69) is 137 Å². The van der Waals surface area contributed by atoms with Gasteiger partial charge in [0.2, 0.25) is 0 Å². The molecule has 0 N–H and O–H groups in total. The van der Waals surface area contributed by atoms with Crippen LogP contribution in [0.4, 0.5) is 0 Å². The third-order valence-electron chi connectivity index (χ3n) is 9.39. The second-order valence-electron chi connectivity index (χ2n) is 11.8. The molecule has 3 nitrogen and oxygen atoms in total. The molecule has 2 unspecified atom stereocenters. The van der Waals surface area contributed by atoms with Gasteiger partial charge >= 0.3 is 0 Å². The Labute approximate surface area is 266 Å². The lowest BCUT2D eigenvalue weighted by Crippen LogP contribution is -2.32. The van der Waals surface area contributed by atoms with Crippen molar-refractivity contribution in [2.45, 2.75) is 17.7 Å². The molecule has 0 saturated heterocycles. The van der Waals surface area contributed by atoms with Gasteiger partial charge in [0.25, 0.3) is 0 Å². The molecule has 0 saturated carbocycles. The Bertz CT molecular complexity index is 2570. The van der Waals surface area contributed by atoms with Crippen molar-refractivity contribution < 1.29 is 0 Å². The van der Waals surface area contributed by atoms with Gasteiger partial charge in [-0.3, -0.25) is 9.56 Å². The highest BCUT2D eigenvalue weighted by molar-refractivity contribution is 8.15. The molecule has 3 aromatic heterocycles. The maximum absolute atomic E-state index is 7.07. The number of aromatic nitrogens is 2. The highest BCUT2D eigenvalue weighted by Crippen LogP contribution is 2.58. The first kappa shape index (κ1) is 25.1. The van der Waals surface area contributed by atoms with Gasteiger partial charge in [0.1, 0.15) is 6.04 Å². The minimum Gasteiger partial charge on any atom is -0.309 e. The molecule has 2 aliphatic rings. The lowest BCUT2D eigenvalue weighted by Gasteiger charge is -2.32. The predicted octanol–water partition coefficient (Wildman–Crippen LogP) is 10.9. The molecule has 1 aliphatic heterocycles. The number of benzene rings is 5. The van der Waals surface area contributed by atoms with Crippen molar-refractivity contribution in [3.63, 3.8) is 0 Å². The van der Waals surface area contributed by atoms with E-state index in [4.69, 9.17) is 16.6 Å². The summed E-state index contributed by atoms with van der Waals surface area (Å²) in [4.78, 5) is 6.68. The molecule has 210 valence electrons. The number of hydrogen-bond acceptors (Lipinski definition) is 3. The molecule has 10 rings (SSSR count). The van der Waals surface area contributed by atoms with E-state index >= 15 is 0 Å². The van der Waals surface area contributed by atoms with Gasteiger partial charge in [-0.1, -0.05) is 96.2 Å². The van der Waals surface area contributed by atoms with Crippen molar-refractivity contribution in [2.24, 2.45) is 4.99 Å². The summed E-state index contributed by atoms with van der Waals surface area (Å²) in [5, 5.41) is 8.07. The highest BCUT2D eigenvalue weighted by Gasteiger charge is 2.50. The van der Waals surface area contributed by atoms with Gasteiger partial charge < -0.3 is 4.57 Å². The quantitative estimate of drug-likeness (QED) is 0.179. The fourth-order valence-electron chi connectivity index (χ4n) is 7.50. The molecule has 0 fully saturated rings. The standard InChI is InChI=1S/C38H24ClN3S2/c1-38-35-25-15-7-10-18-33(25)43-34(35)20-28(39)36(38)40-37(44-38)42-30-17-9-6-14-24(30)27-19-26-23-13-5-8-16-29(23)41(31(26)21-32(27)42)22-11-3-2-4-12-22/h2-21,36H,1H3. The van der Waals surface area contributed by atoms with Crippen molar-refractivity contribution in [1.82, 2.24) is 9.13 Å². The van der Waals surface area contributed by atoms with E-state index < -0.39 is 0 Å². The van der Waals surface area contributed by atoms with E-state index in [0.29, 0.717) is 0 Å². The molecule has 5 aromatic carbocycles. The third kappa shape index (κ3) is 3.22. The molecule has 0 spiro atoms.